The molecule has 4 nitrogen and oxygen atoms in total. The zero-order valence-corrected chi connectivity index (χ0v) is 10.5. The molecular formula is C9H12BrClN2O2. The van der Waals surface area contributed by atoms with Crippen LogP contribution in [0, 0.1) is 0 Å². The van der Waals surface area contributed by atoms with E-state index in [4.69, 9.17) is 11.6 Å². The average Bonchev–Trinajstić information content (AvgIpc) is 2.21. The minimum absolute atomic E-state index is 0.195. The second kappa shape index (κ2) is 5.77. The lowest BCUT2D eigenvalue weighted by molar-refractivity contribution is 0.0201. The van der Waals surface area contributed by atoms with Gasteiger partial charge in [-0.15, -0.1) is 0 Å². The normalized spacial score (nSPS) is 15.0. The quantitative estimate of drug-likeness (QED) is 0.728. The average molecular weight is 296 g/mol. The largest absolute Gasteiger partial charge is 0.389 e. The zero-order chi connectivity index (χ0) is 11.4. The van der Waals surface area contributed by atoms with E-state index >= 15 is 0 Å². The van der Waals surface area contributed by atoms with Gasteiger partial charge in [0.25, 0.3) is 0 Å². The van der Waals surface area contributed by atoms with Gasteiger partial charge in [-0.05, 0) is 29.0 Å². The number of likely N-dealkylation sites (N-methyl/N-ethyl adjacent to an activating group) is 1. The van der Waals surface area contributed by atoms with E-state index in [2.05, 4.69) is 26.2 Å². The first kappa shape index (κ1) is 12.9. The fourth-order valence-electron chi connectivity index (χ4n) is 1.17. The molecule has 0 aliphatic heterocycles. The number of nitrogens with one attached hydrogen (secondary N) is 1. The molecule has 1 rings (SSSR count). The first-order valence-electron chi connectivity index (χ1n) is 4.38. The van der Waals surface area contributed by atoms with Crippen molar-refractivity contribution < 1.29 is 10.2 Å². The van der Waals surface area contributed by atoms with Crippen LogP contribution in [0.1, 0.15) is 11.7 Å². The molecule has 0 bridgehead atoms. The van der Waals surface area contributed by atoms with Crippen LogP contribution < -0.4 is 5.32 Å². The summed E-state index contributed by atoms with van der Waals surface area (Å²) >= 11 is 9.04. The maximum Gasteiger partial charge on any atom is 0.134 e. The molecule has 0 aliphatic carbocycles. The van der Waals surface area contributed by atoms with Gasteiger partial charge in [-0.1, -0.05) is 11.6 Å². The van der Waals surface area contributed by atoms with Crippen molar-refractivity contribution in [2.24, 2.45) is 0 Å². The second-order valence-corrected chi connectivity index (χ2v) is 4.38. The summed E-state index contributed by atoms with van der Waals surface area (Å²) in [4.78, 5) is 3.87. The molecule has 0 aliphatic rings. The van der Waals surface area contributed by atoms with E-state index in [1.165, 1.54) is 6.20 Å². The third-order valence-electron chi connectivity index (χ3n) is 1.93. The number of pyridine rings is 1. The third kappa shape index (κ3) is 3.39. The highest BCUT2D eigenvalue weighted by Crippen LogP contribution is 2.26. The first-order valence-corrected chi connectivity index (χ1v) is 5.55. The number of aliphatic hydroxyl groups is 2. The maximum absolute atomic E-state index is 9.79. The Kier molecular flexibility index (Phi) is 4.95. The summed E-state index contributed by atoms with van der Waals surface area (Å²) in [6.45, 7) is 0.282. The molecule has 1 heterocycles. The van der Waals surface area contributed by atoms with Crippen molar-refractivity contribution in [3.63, 3.8) is 0 Å². The summed E-state index contributed by atoms with van der Waals surface area (Å²) in [5.74, 6) is 0. The highest BCUT2D eigenvalue weighted by molar-refractivity contribution is 9.10. The SMILES string of the molecule is CNCC(O)C(O)c1cc(Br)cnc1Cl. The molecule has 1 aromatic rings. The second-order valence-electron chi connectivity index (χ2n) is 3.10. The van der Waals surface area contributed by atoms with E-state index in [1.807, 2.05) is 0 Å². The Balaban J connectivity index is 2.89. The molecule has 0 fully saturated rings. The smallest absolute Gasteiger partial charge is 0.134 e. The molecule has 0 spiro atoms. The summed E-state index contributed by atoms with van der Waals surface area (Å²) < 4.78 is 0.706. The van der Waals surface area contributed by atoms with Gasteiger partial charge in [0, 0.05) is 22.8 Å². The van der Waals surface area contributed by atoms with E-state index in [0.29, 0.717) is 10.0 Å². The molecule has 1 aromatic heterocycles. The number of hydrogen-bond donors (Lipinski definition) is 3. The van der Waals surface area contributed by atoms with Gasteiger partial charge in [-0.2, -0.15) is 0 Å². The summed E-state index contributed by atoms with van der Waals surface area (Å²) in [6, 6.07) is 1.64. The Labute approximate surface area is 101 Å². The number of aromatic nitrogens is 1. The molecule has 3 N–H and O–H groups in total. The molecule has 6 heteroatoms. The van der Waals surface area contributed by atoms with E-state index in [0.717, 1.165) is 0 Å². The molecule has 2 unspecified atom stereocenters. The van der Waals surface area contributed by atoms with Gasteiger partial charge in [-0.3, -0.25) is 0 Å². The summed E-state index contributed by atoms with van der Waals surface area (Å²) in [5, 5.41) is 22.3. The Morgan fingerprint density at radius 1 is 1.60 bits per heavy atom. The lowest BCUT2D eigenvalue weighted by Crippen LogP contribution is -2.29. The van der Waals surface area contributed by atoms with Crippen LogP contribution >= 0.6 is 27.5 Å². The Bertz CT molecular complexity index is 338. The van der Waals surface area contributed by atoms with Crippen LogP contribution in [0.4, 0.5) is 0 Å². The summed E-state index contributed by atoms with van der Waals surface area (Å²) in [7, 11) is 1.69. The molecule has 0 aromatic carbocycles. The van der Waals surface area contributed by atoms with Gasteiger partial charge in [0.15, 0.2) is 0 Å². The van der Waals surface area contributed by atoms with Crippen molar-refractivity contribution in [1.82, 2.24) is 10.3 Å². The third-order valence-corrected chi connectivity index (χ3v) is 2.68. The maximum atomic E-state index is 9.79. The van der Waals surface area contributed by atoms with Crippen molar-refractivity contribution in [2.45, 2.75) is 12.2 Å². The summed E-state index contributed by atoms with van der Waals surface area (Å²) in [5.41, 5.74) is 0.411. The minimum atomic E-state index is -1.05. The Morgan fingerprint density at radius 2 is 2.27 bits per heavy atom. The van der Waals surface area contributed by atoms with Crippen molar-refractivity contribution in [1.29, 1.82) is 0 Å². The van der Waals surface area contributed by atoms with Crippen LogP contribution in [0.5, 0.6) is 0 Å². The standard InChI is InChI=1S/C9H12BrClN2O2/c1-12-4-7(14)8(15)6-2-5(10)3-13-9(6)11/h2-3,7-8,12,14-15H,4H2,1H3. The Hall–Kier alpha value is -0.200. The topological polar surface area (TPSA) is 65.4 Å². The molecule has 0 amide bonds. The fraction of sp³-hybridized carbons (Fsp3) is 0.444. The Morgan fingerprint density at radius 3 is 2.87 bits per heavy atom. The number of rotatable bonds is 4. The van der Waals surface area contributed by atoms with Crippen LogP contribution in [-0.2, 0) is 0 Å². The minimum Gasteiger partial charge on any atom is -0.389 e. The predicted molar refractivity (Wildman–Crippen MR) is 61.8 cm³/mol. The van der Waals surface area contributed by atoms with Crippen LogP contribution in [0.3, 0.4) is 0 Å². The molecule has 0 saturated carbocycles. The van der Waals surface area contributed by atoms with Crippen LogP contribution in [0.2, 0.25) is 5.15 Å². The van der Waals surface area contributed by atoms with Crippen molar-refractivity contribution >= 4 is 27.5 Å². The number of nitrogens with zero attached hydrogens (tertiary/aromatic N) is 1. The van der Waals surface area contributed by atoms with Gasteiger partial charge in [0.2, 0.25) is 0 Å². The van der Waals surface area contributed by atoms with E-state index in [9.17, 15) is 10.2 Å². The van der Waals surface area contributed by atoms with Gasteiger partial charge in [-0.25, -0.2) is 4.98 Å². The van der Waals surface area contributed by atoms with Crippen molar-refractivity contribution in [3.8, 4) is 0 Å². The molecule has 0 saturated heterocycles. The van der Waals surface area contributed by atoms with Crippen molar-refractivity contribution in [2.75, 3.05) is 13.6 Å². The molecular weight excluding hydrogens is 283 g/mol. The number of halogens is 2. The van der Waals surface area contributed by atoms with Gasteiger partial charge in [0.1, 0.15) is 11.3 Å². The fourth-order valence-corrected chi connectivity index (χ4v) is 1.74. The highest BCUT2D eigenvalue weighted by Gasteiger charge is 2.20. The summed E-state index contributed by atoms with van der Waals surface area (Å²) in [6.07, 6.45) is -0.429. The number of aliphatic hydroxyl groups excluding tert-OH is 2. The van der Waals surface area contributed by atoms with Gasteiger partial charge < -0.3 is 15.5 Å². The van der Waals surface area contributed by atoms with E-state index < -0.39 is 12.2 Å². The predicted octanol–water partition coefficient (Wildman–Crippen LogP) is 1.11. The molecule has 15 heavy (non-hydrogen) atoms. The molecule has 84 valence electrons. The van der Waals surface area contributed by atoms with E-state index in [-0.39, 0.29) is 11.7 Å². The van der Waals surface area contributed by atoms with Crippen LogP contribution in [-0.4, -0.2) is 34.9 Å². The highest BCUT2D eigenvalue weighted by atomic mass is 79.9. The van der Waals surface area contributed by atoms with Crippen LogP contribution in [0.25, 0.3) is 0 Å². The lowest BCUT2D eigenvalue weighted by Gasteiger charge is -2.18. The lowest BCUT2D eigenvalue weighted by atomic mass is 10.1. The van der Waals surface area contributed by atoms with Crippen molar-refractivity contribution in [3.05, 3.63) is 27.5 Å². The van der Waals surface area contributed by atoms with Gasteiger partial charge >= 0.3 is 0 Å². The monoisotopic (exact) mass is 294 g/mol. The molecule has 0 radical (unpaired) electrons. The number of hydrogen-bond acceptors (Lipinski definition) is 4. The van der Waals surface area contributed by atoms with Crippen LogP contribution in [0.15, 0.2) is 16.7 Å². The van der Waals surface area contributed by atoms with E-state index in [1.54, 1.807) is 13.1 Å². The first-order chi connectivity index (χ1) is 7.06. The molecule has 2 atom stereocenters. The zero-order valence-electron chi connectivity index (χ0n) is 8.11. The van der Waals surface area contributed by atoms with Gasteiger partial charge in [0.05, 0.1) is 6.10 Å².